The van der Waals surface area contributed by atoms with Gasteiger partial charge in [0.05, 0.1) is 0 Å². The number of benzene rings is 2. The minimum Gasteiger partial charge on any atom is -0.368 e. The summed E-state index contributed by atoms with van der Waals surface area (Å²) >= 11 is 0. The van der Waals surface area contributed by atoms with Gasteiger partial charge in [-0.25, -0.2) is 0 Å². The zero-order valence-corrected chi connectivity index (χ0v) is 12.4. The van der Waals surface area contributed by atoms with Crippen LogP contribution in [0.4, 0.5) is 0 Å². The minimum atomic E-state index is -0.675. The van der Waals surface area contributed by atoms with Crippen molar-refractivity contribution < 1.29 is 9.59 Å². The Balaban J connectivity index is 1.88. The van der Waals surface area contributed by atoms with Crippen LogP contribution in [0.15, 0.2) is 60.7 Å². The Morgan fingerprint density at radius 2 is 1.45 bits per heavy atom. The Bertz CT molecular complexity index is 611. The van der Waals surface area contributed by atoms with Gasteiger partial charge in [-0.05, 0) is 17.5 Å². The lowest BCUT2D eigenvalue weighted by Gasteiger charge is -2.15. The molecule has 0 unspecified atom stereocenters. The number of hydrogen-bond acceptors (Lipinski definition) is 2. The molecule has 0 heterocycles. The summed E-state index contributed by atoms with van der Waals surface area (Å²) in [6.45, 7) is 0. The lowest BCUT2D eigenvalue weighted by Crippen LogP contribution is -2.45. The number of aryl methyl sites for hydroxylation is 1. The highest BCUT2D eigenvalue weighted by Crippen LogP contribution is 2.05. The highest BCUT2D eigenvalue weighted by molar-refractivity contribution is 5.86. The molecule has 1 atom stereocenters. The van der Waals surface area contributed by atoms with Gasteiger partial charge in [0.15, 0.2) is 0 Å². The average Bonchev–Trinajstić information content (AvgIpc) is 2.54. The van der Waals surface area contributed by atoms with E-state index in [9.17, 15) is 9.59 Å². The molecule has 2 aromatic carbocycles. The van der Waals surface area contributed by atoms with Crippen molar-refractivity contribution in [3.05, 3.63) is 71.8 Å². The Morgan fingerprint density at radius 1 is 0.909 bits per heavy atom. The quantitative estimate of drug-likeness (QED) is 0.818. The van der Waals surface area contributed by atoms with Gasteiger partial charge >= 0.3 is 0 Å². The Morgan fingerprint density at radius 3 is 2.00 bits per heavy atom. The molecule has 0 aromatic heterocycles. The molecular formula is C18H20N2O2. The van der Waals surface area contributed by atoms with Crippen molar-refractivity contribution in [2.45, 2.75) is 25.3 Å². The van der Waals surface area contributed by atoms with Crippen molar-refractivity contribution in [1.82, 2.24) is 5.32 Å². The van der Waals surface area contributed by atoms with Gasteiger partial charge in [0.2, 0.25) is 11.8 Å². The first-order chi connectivity index (χ1) is 10.6. The number of nitrogens with one attached hydrogen (secondary N) is 1. The van der Waals surface area contributed by atoms with Crippen molar-refractivity contribution in [3.63, 3.8) is 0 Å². The number of primary amides is 1. The molecule has 0 aliphatic heterocycles. The van der Waals surface area contributed by atoms with E-state index in [-0.39, 0.29) is 5.91 Å². The fraction of sp³-hybridized carbons (Fsp3) is 0.222. The number of carbonyl (C=O) groups excluding carboxylic acids is 2. The predicted octanol–water partition coefficient (Wildman–Crippen LogP) is 1.83. The lowest BCUT2D eigenvalue weighted by atomic mass is 10.0. The lowest BCUT2D eigenvalue weighted by molar-refractivity contribution is -0.127. The third-order valence-electron chi connectivity index (χ3n) is 3.44. The third kappa shape index (κ3) is 5.05. The van der Waals surface area contributed by atoms with Gasteiger partial charge in [0.25, 0.3) is 0 Å². The van der Waals surface area contributed by atoms with Crippen molar-refractivity contribution in [2.24, 2.45) is 5.73 Å². The van der Waals surface area contributed by atoms with Crippen LogP contribution < -0.4 is 11.1 Å². The van der Waals surface area contributed by atoms with E-state index >= 15 is 0 Å². The van der Waals surface area contributed by atoms with Crippen molar-refractivity contribution >= 4 is 11.8 Å². The number of carbonyl (C=O) groups is 2. The Hall–Kier alpha value is -2.62. The first kappa shape index (κ1) is 15.8. The summed E-state index contributed by atoms with van der Waals surface area (Å²) in [6, 6.07) is 18.6. The molecule has 2 rings (SSSR count). The molecule has 4 nitrogen and oxygen atoms in total. The maximum Gasteiger partial charge on any atom is 0.240 e. The smallest absolute Gasteiger partial charge is 0.240 e. The van der Waals surface area contributed by atoms with Gasteiger partial charge in [-0.2, -0.15) is 0 Å². The first-order valence-electron chi connectivity index (χ1n) is 7.31. The normalized spacial score (nSPS) is 11.6. The summed E-state index contributed by atoms with van der Waals surface area (Å²) in [5.74, 6) is -0.680. The molecule has 4 heteroatoms. The van der Waals surface area contributed by atoms with Crippen molar-refractivity contribution in [3.8, 4) is 0 Å². The summed E-state index contributed by atoms with van der Waals surface area (Å²) in [5, 5.41) is 2.72. The van der Waals surface area contributed by atoms with Gasteiger partial charge in [-0.3, -0.25) is 9.59 Å². The molecule has 0 aliphatic rings. The largest absolute Gasteiger partial charge is 0.368 e. The van der Waals surface area contributed by atoms with E-state index < -0.39 is 11.9 Å². The van der Waals surface area contributed by atoms with Crippen molar-refractivity contribution in [2.75, 3.05) is 0 Å². The zero-order chi connectivity index (χ0) is 15.8. The van der Waals surface area contributed by atoms with Crippen LogP contribution in [0.1, 0.15) is 17.5 Å². The van der Waals surface area contributed by atoms with E-state index in [1.54, 1.807) is 0 Å². The standard InChI is InChI=1S/C18H20N2O2/c19-18(22)16(13-15-9-5-2-6-10-15)20-17(21)12-11-14-7-3-1-4-8-14/h1-10,16H,11-13H2,(H2,19,22)(H,20,21)/t16-/m1/s1. The molecule has 3 N–H and O–H groups in total. The van der Waals surface area contributed by atoms with E-state index in [2.05, 4.69) is 5.32 Å². The molecule has 0 saturated heterocycles. The molecule has 2 amide bonds. The van der Waals surface area contributed by atoms with Gasteiger partial charge < -0.3 is 11.1 Å². The van der Waals surface area contributed by atoms with Crippen LogP contribution in [0.25, 0.3) is 0 Å². The molecular weight excluding hydrogens is 276 g/mol. The molecule has 0 bridgehead atoms. The summed E-state index contributed by atoms with van der Waals surface area (Å²) in [4.78, 5) is 23.5. The molecule has 0 radical (unpaired) electrons. The van der Waals surface area contributed by atoms with Crippen LogP contribution in [-0.4, -0.2) is 17.9 Å². The van der Waals surface area contributed by atoms with Gasteiger partial charge in [-0.15, -0.1) is 0 Å². The predicted molar refractivity (Wildman–Crippen MR) is 86.0 cm³/mol. The molecule has 2 aromatic rings. The number of rotatable bonds is 7. The van der Waals surface area contributed by atoms with E-state index in [1.165, 1.54) is 0 Å². The van der Waals surface area contributed by atoms with Gasteiger partial charge in [-0.1, -0.05) is 60.7 Å². The Labute approximate surface area is 130 Å². The van der Waals surface area contributed by atoms with Crippen LogP contribution in [-0.2, 0) is 22.4 Å². The van der Waals surface area contributed by atoms with Crippen LogP contribution in [0, 0.1) is 0 Å². The summed E-state index contributed by atoms with van der Waals surface area (Å²) in [7, 11) is 0. The summed E-state index contributed by atoms with van der Waals surface area (Å²) in [5.41, 5.74) is 7.45. The maximum atomic E-state index is 12.0. The number of hydrogen-bond donors (Lipinski definition) is 2. The molecule has 114 valence electrons. The second-order valence-corrected chi connectivity index (χ2v) is 5.20. The van der Waals surface area contributed by atoms with E-state index in [4.69, 9.17) is 5.73 Å². The summed E-state index contributed by atoms with van der Waals surface area (Å²) < 4.78 is 0. The highest BCUT2D eigenvalue weighted by Gasteiger charge is 2.18. The van der Waals surface area contributed by atoms with Gasteiger partial charge in [0, 0.05) is 12.8 Å². The molecule has 0 fully saturated rings. The fourth-order valence-electron chi connectivity index (χ4n) is 2.24. The monoisotopic (exact) mass is 296 g/mol. The van der Waals surface area contributed by atoms with Crippen molar-refractivity contribution in [1.29, 1.82) is 0 Å². The van der Waals surface area contributed by atoms with E-state index in [0.29, 0.717) is 19.3 Å². The number of nitrogens with two attached hydrogens (primary N) is 1. The molecule has 22 heavy (non-hydrogen) atoms. The highest BCUT2D eigenvalue weighted by atomic mass is 16.2. The second kappa shape index (κ2) is 7.98. The molecule has 0 spiro atoms. The summed E-state index contributed by atoms with van der Waals surface area (Å²) in [6.07, 6.45) is 1.39. The number of amides is 2. The van der Waals surface area contributed by atoms with Crippen LogP contribution in [0.2, 0.25) is 0 Å². The van der Waals surface area contributed by atoms with Crippen LogP contribution in [0.3, 0.4) is 0 Å². The third-order valence-corrected chi connectivity index (χ3v) is 3.44. The van der Waals surface area contributed by atoms with Gasteiger partial charge in [0.1, 0.15) is 6.04 Å². The Kier molecular flexibility index (Phi) is 5.72. The molecule has 0 aliphatic carbocycles. The zero-order valence-electron chi connectivity index (χ0n) is 12.4. The molecule has 0 saturated carbocycles. The average molecular weight is 296 g/mol. The van der Waals surface area contributed by atoms with Crippen LogP contribution in [0.5, 0.6) is 0 Å². The van der Waals surface area contributed by atoms with E-state index in [1.807, 2.05) is 60.7 Å². The van der Waals surface area contributed by atoms with Crippen LogP contribution >= 0.6 is 0 Å². The minimum absolute atomic E-state index is 0.163. The second-order valence-electron chi connectivity index (χ2n) is 5.20. The SMILES string of the molecule is NC(=O)[C@@H](Cc1ccccc1)NC(=O)CCc1ccccc1. The maximum absolute atomic E-state index is 12.0. The van der Waals surface area contributed by atoms with E-state index in [0.717, 1.165) is 11.1 Å². The fourth-order valence-corrected chi connectivity index (χ4v) is 2.24. The topological polar surface area (TPSA) is 72.2 Å². The first-order valence-corrected chi connectivity index (χ1v) is 7.31.